The van der Waals surface area contributed by atoms with Gasteiger partial charge in [0.05, 0.1) is 24.0 Å². The maximum absolute atomic E-state index is 11.8. The summed E-state index contributed by atoms with van der Waals surface area (Å²) in [6.07, 6.45) is 5.51. The second kappa shape index (κ2) is 8.06. The fourth-order valence-electron chi connectivity index (χ4n) is 2.78. The molecule has 0 saturated heterocycles. The van der Waals surface area contributed by atoms with Crippen molar-refractivity contribution >= 4 is 51.2 Å². The van der Waals surface area contributed by atoms with E-state index in [2.05, 4.69) is 20.5 Å². The molecule has 0 bridgehead atoms. The standard InChI is InChI=1S/C21H18N4O2S/c1-2-27-20(26)19-13-22-21(28-19)23-16-9-5-3-7-14(16)11-12-18-15-8-4-6-10-17(15)24-25-18/h3-13H,2H2,1H3,(H,22,23)(H,24,25). The third-order valence-electron chi connectivity index (χ3n) is 4.11. The summed E-state index contributed by atoms with van der Waals surface area (Å²) in [7, 11) is 0. The number of rotatable bonds is 6. The first-order valence-electron chi connectivity index (χ1n) is 8.85. The second-order valence-electron chi connectivity index (χ2n) is 5.95. The van der Waals surface area contributed by atoms with Gasteiger partial charge in [-0.05, 0) is 30.7 Å². The molecule has 2 heterocycles. The van der Waals surface area contributed by atoms with Crippen molar-refractivity contribution in [2.45, 2.75) is 6.92 Å². The zero-order valence-corrected chi connectivity index (χ0v) is 16.0. The molecule has 6 nitrogen and oxygen atoms in total. The van der Waals surface area contributed by atoms with E-state index in [1.54, 1.807) is 6.92 Å². The number of nitrogens with zero attached hydrogens (tertiary/aromatic N) is 2. The van der Waals surface area contributed by atoms with Crippen LogP contribution in [0.4, 0.5) is 10.8 Å². The van der Waals surface area contributed by atoms with Crippen LogP contribution in [0.2, 0.25) is 0 Å². The van der Waals surface area contributed by atoms with Gasteiger partial charge in [0, 0.05) is 11.1 Å². The number of fused-ring (bicyclic) bond motifs is 1. The van der Waals surface area contributed by atoms with Crippen molar-refractivity contribution in [3.05, 3.63) is 70.9 Å². The van der Waals surface area contributed by atoms with Crippen LogP contribution < -0.4 is 5.32 Å². The van der Waals surface area contributed by atoms with Crippen LogP contribution >= 0.6 is 11.3 Å². The van der Waals surface area contributed by atoms with Gasteiger partial charge in [0.2, 0.25) is 0 Å². The lowest BCUT2D eigenvalue weighted by atomic mass is 10.1. The molecule has 0 atom stereocenters. The van der Waals surface area contributed by atoms with E-state index in [-0.39, 0.29) is 5.97 Å². The van der Waals surface area contributed by atoms with E-state index < -0.39 is 0 Å². The van der Waals surface area contributed by atoms with Crippen LogP contribution in [0.15, 0.2) is 54.7 Å². The number of aromatic nitrogens is 3. The van der Waals surface area contributed by atoms with Crippen molar-refractivity contribution in [3.8, 4) is 0 Å². The summed E-state index contributed by atoms with van der Waals surface area (Å²) in [6.45, 7) is 2.12. The molecule has 7 heteroatoms. The summed E-state index contributed by atoms with van der Waals surface area (Å²) in [5, 5.41) is 12.4. The highest BCUT2D eigenvalue weighted by atomic mass is 32.1. The molecule has 0 amide bonds. The highest BCUT2D eigenvalue weighted by Crippen LogP contribution is 2.27. The molecule has 4 rings (SSSR count). The number of ether oxygens (including phenoxy) is 1. The highest BCUT2D eigenvalue weighted by molar-refractivity contribution is 7.17. The Morgan fingerprint density at radius 3 is 2.89 bits per heavy atom. The Balaban J connectivity index is 1.56. The van der Waals surface area contributed by atoms with Gasteiger partial charge in [0.1, 0.15) is 4.88 Å². The van der Waals surface area contributed by atoms with Gasteiger partial charge >= 0.3 is 5.97 Å². The van der Waals surface area contributed by atoms with Crippen LogP contribution in [0.5, 0.6) is 0 Å². The molecule has 2 aromatic heterocycles. The monoisotopic (exact) mass is 390 g/mol. The molecule has 28 heavy (non-hydrogen) atoms. The number of anilines is 2. The van der Waals surface area contributed by atoms with Gasteiger partial charge in [0.15, 0.2) is 5.13 Å². The molecule has 0 spiro atoms. The van der Waals surface area contributed by atoms with Crippen LogP contribution in [-0.4, -0.2) is 27.8 Å². The zero-order valence-electron chi connectivity index (χ0n) is 15.2. The van der Waals surface area contributed by atoms with Gasteiger partial charge in [-0.15, -0.1) is 0 Å². The van der Waals surface area contributed by atoms with Crippen molar-refractivity contribution < 1.29 is 9.53 Å². The van der Waals surface area contributed by atoms with Crippen molar-refractivity contribution in [1.82, 2.24) is 15.2 Å². The van der Waals surface area contributed by atoms with Gasteiger partial charge < -0.3 is 10.1 Å². The van der Waals surface area contributed by atoms with Gasteiger partial charge in [-0.2, -0.15) is 5.10 Å². The second-order valence-corrected chi connectivity index (χ2v) is 6.98. The van der Waals surface area contributed by atoms with E-state index in [9.17, 15) is 4.79 Å². The van der Waals surface area contributed by atoms with E-state index in [0.29, 0.717) is 16.6 Å². The molecule has 0 saturated carbocycles. The minimum atomic E-state index is -0.355. The van der Waals surface area contributed by atoms with Crippen LogP contribution in [-0.2, 0) is 4.74 Å². The number of carbonyl (C=O) groups is 1. The van der Waals surface area contributed by atoms with E-state index in [1.807, 2.05) is 60.7 Å². The average Bonchev–Trinajstić information content (AvgIpc) is 3.35. The van der Waals surface area contributed by atoms with Crippen LogP contribution in [0.1, 0.15) is 27.9 Å². The third kappa shape index (κ3) is 3.79. The van der Waals surface area contributed by atoms with E-state index in [1.165, 1.54) is 17.5 Å². The molecule has 0 radical (unpaired) electrons. The van der Waals surface area contributed by atoms with Crippen molar-refractivity contribution in [2.75, 3.05) is 11.9 Å². The molecule has 2 N–H and O–H groups in total. The average molecular weight is 390 g/mol. The number of hydrogen-bond acceptors (Lipinski definition) is 6. The predicted molar refractivity (Wildman–Crippen MR) is 113 cm³/mol. The predicted octanol–water partition coefficient (Wildman–Crippen LogP) is 5.11. The first kappa shape index (κ1) is 17.9. The summed E-state index contributed by atoms with van der Waals surface area (Å²) in [4.78, 5) is 16.6. The van der Waals surface area contributed by atoms with Gasteiger partial charge in [-0.25, -0.2) is 9.78 Å². The number of esters is 1. The molecule has 4 aromatic rings. The number of para-hydroxylation sites is 2. The molecular formula is C21H18N4O2S. The van der Waals surface area contributed by atoms with Gasteiger partial charge in [0.25, 0.3) is 0 Å². The molecule has 2 aromatic carbocycles. The normalized spacial score (nSPS) is 11.2. The lowest BCUT2D eigenvalue weighted by molar-refractivity contribution is 0.0532. The SMILES string of the molecule is CCOC(=O)c1cnc(Nc2ccccc2C=Cc2n[nH]c3ccccc23)s1. The quantitative estimate of drug-likeness (QED) is 0.447. The number of thiazole rings is 1. The van der Waals surface area contributed by atoms with Crippen LogP contribution in [0, 0.1) is 0 Å². The molecule has 0 aliphatic carbocycles. The number of hydrogen-bond donors (Lipinski definition) is 2. The minimum Gasteiger partial charge on any atom is -0.462 e. The Morgan fingerprint density at radius 1 is 1.18 bits per heavy atom. The lowest BCUT2D eigenvalue weighted by Gasteiger charge is -2.06. The van der Waals surface area contributed by atoms with Crippen LogP contribution in [0.25, 0.3) is 23.1 Å². The third-order valence-corrected chi connectivity index (χ3v) is 5.00. The molecular weight excluding hydrogens is 372 g/mol. The number of H-pyrrole nitrogens is 1. The first-order valence-corrected chi connectivity index (χ1v) is 9.66. The lowest BCUT2D eigenvalue weighted by Crippen LogP contribution is -2.01. The molecule has 0 unspecified atom stereocenters. The molecule has 0 aliphatic rings. The maximum Gasteiger partial charge on any atom is 0.350 e. The van der Waals surface area contributed by atoms with E-state index >= 15 is 0 Å². The topological polar surface area (TPSA) is 79.9 Å². The van der Waals surface area contributed by atoms with Crippen molar-refractivity contribution in [2.24, 2.45) is 0 Å². The fourth-order valence-corrected chi connectivity index (χ4v) is 3.50. The smallest absolute Gasteiger partial charge is 0.350 e. The summed E-state index contributed by atoms with van der Waals surface area (Å²) < 4.78 is 5.01. The van der Waals surface area contributed by atoms with Gasteiger partial charge in [-0.1, -0.05) is 53.8 Å². The zero-order chi connectivity index (χ0) is 19.3. The number of nitrogens with one attached hydrogen (secondary N) is 2. The molecule has 0 fully saturated rings. The maximum atomic E-state index is 11.8. The number of aromatic amines is 1. The minimum absolute atomic E-state index is 0.342. The summed E-state index contributed by atoms with van der Waals surface area (Å²) in [6, 6.07) is 15.9. The van der Waals surface area contributed by atoms with Gasteiger partial charge in [-0.3, -0.25) is 5.10 Å². The Kier molecular flexibility index (Phi) is 5.16. The molecule has 140 valence electrons. The first-order chi connectivity index (χ1) is 13.7. The van der Waals surface area contributed by atoms with Crippen molar-refractivity contribution in [1.29, 1.82) is 0 Å². The van der Waals surface area contributed by atoms with E-state index in [4.69, 9.17) is 4.74 Å². The number of carbonyl (C=O) groups excluding carboxylic acids is 1. The molecule has 0 aliphatic heterocycles. The largest absolute Gasteiger partial charge is 0.462 e. The summed E-state index contributed by atoms with van der Waals surface area (Å²) in [5.41, 5.74) is 3.76. The fraction of sp³-hybridized carbons (Fsp3) is 0.0952. The Hall–Kier alpha value is -3.45. The number of benzene rings is 2. The Morgan fingerprint density at radius 2 is 2.00 bits per heavy atom. The summed E-state index contributed by atoms with van der Waals surface area (Å²) in [5.74, 6) is -0.355. The summed E-state index contributed by atoms with van der Waals surface area (Å²) >= 11 is 1.26. The Bertz CT molecular complexity index is 1150. The van der Waals surface area contributed by atoms with Crippen LogP contribution in [0.3, 0.4) is 0 Å². The Labute approximate surface area is 165 Å². The highest BCUT2D eigenvalue weighted by Gasteiger charge is 2.12. The van der Waals surface area contributed by atoms with E-state index in [0.717, 1.165) is 27.8 Å². The van der Waals surface area contributed by atoms with Crippen molar-refractivity contribution in [3.63, 3.8) is 0 Å².